The van der Waals surface area contributed by atoms with Gasteiger partial charge in [0.25, 0.3) is 0 Å². The van der Waals surface area contributed by atoms with E-state index in [0.717, 1.165) is 16.5 Å². The lowest BCUT2D eigenvalue weighted by atomic mass is 10.0. The minimum absolute atomic E-state index is 0.0578. The van der Waals surface area contributed by atoms with Crippen LogP contribution < -0.4 is 0 Å². The van der Waals surface area contributed by atoms with Gasteiger partial charge in [0.05, 0.1) is 0 Å². The topological polar surface area (TPSA) is 37.3 Å². The van der Waals surface area contributed by atoms with Gasteiger partial charge < -0.3 is 5.11 Å². The molecule has 0 bridgehead atoms. The first-order chi connectivity index (χ1) is 7.18. The molecule has 1 unspecified atom stereocenters. The summed E-state index contributed by atoms with van der Waals surface area (Å²) in [7, 11) is 0. The predicted octanol–water partition coefficient (Wildman–Crippen LogP) is 2.77. The van der Waals surface area contributed by atoms with Crippen LogP contribution in [0.3, 0.4) is 0 Å². The third kappa shape index (κ3) is 2.19. The molecule has 2 rings (SSSR count). The number of halogens is 1. The second-order valence-corrected chi connectivity index (χ2v) is 4.49. The lowest BCUT2D eigenvalue weighted by molar-refractivity contribution is -0.115. The van der Waals surface area contributed by atoms with E-state index in [1.165, 1.54) is 0 Å². The van der Waals surface area contributed by atoms with E-state index in [4.69, 9.17) is 0 Å². The van der Waals surface area contributed by atoms with Crippen LogP contribution in [0.2, 0.25) is 0 Å². The maximum atomic E-state index is 11.4. The Morgan fingerprint density at radius 1 is 1.40 bits per heavy atom. The normalized spacial score (nSPS) is 17.7. The Kier molecular flexibility index (Phi) is 3.03. The van der Waals surface area contributed by atoms with E-state index in [9.17, 15) is 9.90 Å². The van der Waals surface area contributed by atoms with Crippen molar-refractivity contribution >= 4 is 21.7 Å². The second kappa shape index (κ2) is 4.29. The maximum absolute atomic E-state index is 11.4. The molecular weight excluding hydrogens is 256 g/mol. The van der Waals surface area contributed by atoms with Crippen LogP contribution in [0.1, 0.15) is 24.5 Å². The van der Waals surface area contributed by atoms with E-state index in [1.54, 1.807) is 0 Å². The van der Waals surface area contributed by atoms with Crippen LogP contribution in [-0.2, 0) is 4.79 Å². The summed E-state index contributed by atoms with van der Waals surface area (Å²) in [4.78, 5) is 11.4. The minimum Gasteiger partial charge on any atom is -0.384 e. The summed E-state index contributed by atoms with van der Waals surface area (Å²) in [6.07, 6.45) is 2.32. The van der Waals surface area contributed by atoms with Gasteiger partial charge in [-0.05, 0) is 24.1 Å². The van der Waals surface area contributed by atoms with Crippen molar-refractivity contribution in [3.8, 4) is 0 Å². The monoisotopic (exact) mass is 266 g/mol. The molecule has 1 aliphatic carbocycles. The molecule has 0 saturated carbocycles. The van der Waals surface area contributed by atoms with Gasteiger partial charge in [0.15, 0.2) is 5.78 Å². The molecule has 1 aromatic rings. The summed E-state index contributed by atoms with van der Waals surface area (Å²) in [5.41, 5.74) is 1.29. The second-order valence-electron chi connectivity index (χ2n) is 3.58. The molecule has 0 spiro atoms. The highest BCUT2D eigenvalue weighted by atomic mass is 79.9. The number of hydrogen-bond donors (Lipinski definition) is 1. The molecule has 15 heavy (non-hydrogen) atoms. The quantitative estimate of drug-likeness (QED) is 0.894. The number of aliphatic hydroxyl groups is 1. The van der Waals surface area contributed by atoms with Gasteiger partial charge in [0, 0.05) is 16.5 Å². The molecule has 0 radical (unpaired) electrons. The average molecular weight is 267 g/mol. The van der Waals surface area contributed by atoms with E-state index in [1.807, 2.05) is 30.3 Å². The third-order valence-corrected chi connectivity index (χ3v) is 3.01. The number of aliphatic hydroxyl groups excluding tert-OH is 1. The number of benzene rings is 1. The van der Waals surface area contributed by atoms with Crippen molar-refractivity contribution in [2.24, 2.45) is 0 Å². The van der Waals surface area contributed by atoms with Crippen molar-refractivity contribution in [1.29, 1.82) is 0 Å². The first-order valence-corrected chi connectivity index (χ1v) is 5.64. The molecule has 0 fully saturated rings. The maximum Gasteiger partial charge on any atom is 0.161 e. The first kappa shape index (κ1) is 10.6. The van der Waals surface area contributed by atoms with Crippen molar-refractivity contribution in [3.63, 3.8) is 0 Å². The summed E-state index contributed by atoms with van der Waals surface area (Å²) in [5, 5.41) is 10.0. The third-order valence-electron chi connectivity index (χ3n) is 2.52. The standard InChI is InChI=1S/C12H11BrO2/c13-9-4-1-3-8(7-9)12(15)10-5-2-6-11(10)14/h1,3-5,7,12,15H,2,6H2. The molecule has 2 nitrogen and oxygen atoms in total. The summed E-state index contributed by atoms with van der Waals surface area (Å²) in [6, 6.07) is 7.39. The molecule has 0 aliphatic heterocycles. The number of ketones is 1. The molecule has 1 aliphatic rings. The van der Waals surface area contributed by atoms with Crippen molar-refractivity contribution < 1.29 is 9.90 Å². The summed E-state index contributed by atoms with van der Waals surface area (Å²) >= 11 is 3.34. The first-order valence-electron chi connectivity index (χ1n) is 4.85. The number of hydrogen-bond acceptors (Lipinski definition) is 2. The van der Waals surface area contributed by atoms with Gasteiger partial charge in [0.1, 0.15) is 6.10 Å². The van der Waals surface area contributed by atoms with Crippen molar-refractivity contribution in [2.75, 3.05) is 0 Å². The van der Waals surface area contributed by atoms with Crippen LogP contribution in [-0.4, -0.2) is 10.9 Å². The fourth-order valence-corrected chi connectivity index (χ4v) is 2.15. The number of carbonyl (C=O) groups is 1. The van der Waals surface area contributed by atoms with Crippen LogP contribution in [0.15, 0.2) is 40.4 Å². The van der Waals surface area contributed by atoms with E-state index in [0.29, 0.717) is 12.0 Å². The largest absolute Gasteiger partial charge is 0.384 e. The highest BCUT2D eigenvalue weighted by molar-refractivity contribution is 9.10. The molecule has 0 heterocycles. The molecule has 0 aromatic heterocycles. The molecule has 3 heteroatoms. The van der Waals surface area contributed by atoms with Gasteiger partial charge >= 0.3 is 0 Å². The lowest BCUT2D eigenvalue weighted by Crippen LogP contribution is -2.07. The summed E-state index contributed by atoms with van der Waals surface area (Å²) in [6.45, 7) is 0. The van der Waals surface area contributed by atoms with Crippen molar-refractivity contribution in [3.05, 3.63) is 46.0 Å². The summed E-state index contributed by atoms with van der Waals surface area (Å²) < 4.78 is 0.907. The van der Waals surface area contributed by atoms with Gasteiger partial charge in [-0.1, -0.05) is 34.1 Å². The Balaban J connectivity index is 2.28. The van der Waals surface area contributed by atoms with Crippen LogP contribution in [0.25, 0.3) is 0 Å². The molecule has 0 saturated heterocycles. The highest BCUT2D eigenvalue weighted by Crippen LogP contribution is 2.29. The molecule has 0 amide bonds. The lowest BCUT2D eigenvalue weighted by Gasteiger charge is -2.11. The van der Waals surface area contributed by atoms with E-state index >= 15 is 0 Å². The van der Waals surface area contributed by atoms with Gasteiger partial charge in [-0.3, -0.25) is 4.79 Å². The fourth-order valence-electron chi connectivity index (χ4n) is 1.74. The van der Waals surface area contributed by atoms with Gasteiger partial charge in [-0.25, -0.2) is 0 Å². The van der Waals surface area contributed by atoms with Crippen LogP contribution in [0, 0.1) is 0 Å². The number of allylic oxidation sites excluding steroid dienone is 1. The molecule has 1 atom stereocenters. The van der Waals surface area contributed by atoms with Gasteiger partial charge in [-0.2, -0.15) is 0 Å². The molecular formula is C12H11BrO2. The Hall–Kier alpha value is -0.930. The van der Waals surface area contributed by atoms with E-state index in [-0.39, 0.29) is 5.78 Å². The highest BCUT2D eigenvalue weighted by Gasteiger charge is 2.23. The number of rotatable bonds is 2. The molecule has 78 valence electrons. The van der Waals surface area contributed by atoms with Gasteiger partial charge in [0.2, 0.25) is 0 Å². The SMILES string of the molecule is O=C1CCC=C1C(O)c1cccc(Br)c1. The average Bonchev–Trinajstić information content (AvgIpc) is 2.63. The van der Waals surface area contributed by atoms with E-state index in [2.05, 4.69) is 15.9 Å². The minimum atomic E-state index is -0.780. The Bertz CT molecular complexity index is 423. The number of Topliss-reactive ketones (excluding diaryl/α,β-unsaturated/α-hetero) is 1. The Labute approximate surface area is 96.7 Å². The van der Waals surface area contributed by atoms with Crippen LogP contribution >= 0.6 is 15.9 Å². The smallest absolute Gasteiger partial charge is 0.161 e. The van der Waals surface area contributed by atoms with Gasteiger partial charge in [-0.15, -0.1) is 0 Å². The van der Waals surface area contributed by atoms with Crippen LogP contribution in [0.4, 0.5) is 0 Å². The zero-order chi connectivity index (χ0) is 10.8. The fraction of sp³-hybridized carbons (Fsp3) is 0.250. The van der Waals surface area contributed by atoms with Crippen LogP contribution in [0.5, 0.6) is 0 Å². The molecule has 1 N–H and O–H groups in total. The zero-order valence-corrected chi connectivity index (χ0v) is 9.70. The predicted molar refractivity (Wildman–Crippen MR) is 61.4 cm³/mol. The summed E-state index contributed by atoms with van der Waals surface area (Å²) in [5.74, 6) is 0.0578. The van der Waals surface area contributed by atoms with Crippen molar-refractivity contribution in [1.82, 2.24) is 0 Å². The zero-order valence-electron chi connectivity index (χ0n) is 8.11. The number of carbonyl (C=O) groups excluding carboxylic acids is 1. The molecule has 1 aromatic carbocycles. The van der Waals surface area contributed by atoms with Crippen molar-refractivity contribution in [2.45, 2.75) is 18.9 Å². The Morgan fingerprint density at radius 2 is 2.20 bits per heavy atom. The van der Waals surface area contributed by atoms with E-state index < -0.39 is 6.10 Å². The Morgan fingerprint density at radius 3 is 2.80 bits per heavy atom.